The van der Waals surface area contributed by atoms with Gasteiger partial charge in [0.2, 0.25) is 5.91 Å². The summed E-state index contributed by atoms with van der Waals surface area (Å²) < 4.78 is 0. The molecule has 4 rings (SSSR count). The normalized spacial score (nSPS) is 26.1. The Balaban J connectivity index is 1.23. The molecule has 5 nitrogen and oxygen atoms in total. The number of benzene rings is 1. The highest BCUT2D eigenvalue weighted by Gasteiger charge is 2.42. The lowest BCUT2D eigenvalue weighted by atomic mass is 9.90. The van der Waals surface area contributed by atoms with E-state index in [2.05, 4.69) is 29.6 Å². The van der Waals surface area contributed by atoms with Gasteiger partial charge in [0.15, 0.2) is 10.8 Å². The van der Waals surface area contributed by atoms with Crippen LogP contribution in [-0.4, -0.2) is 51.9 Å². The Bertz CT molecular complexity index is 786. The summed E-state index contributed by atoms with van der Waals surface area (Å²) in [5.74, 6) is 0.559. The second-order valence-electron chi connectivity index (χ2n) is 9.10. The number of nitrogens with zero attached hydrogens (tertiary/aromatic N) is 1. The first-order chi connectivity index (χ1) is 14.5. The maximum atomic E-state index is 13.1. The number of ketones is 1. The molecule has 2 heterocycles. The quantitative estimate of drug-likeness (QED) is 0.491. The largest absolute Gasteiger partial charge is 0.501 e. The first-order valence-electron chi connectivity index (χ1n) is 11.4. The summed E-state index contributed by atoms with van der Waals surface area (Å²) in [7, 11) is 0. The zero-order valence-corrected chi connectivity index (χ0v) is 18.3. The van der Waals surface area contributed by atoms with E-state index in [0.29, 0.717) is 31.8 Å². The van der Waals surface area contributed by atoms with Gasteiger partial charge in [0.1, 0.15) is 0 Å². The van der Waals surface area contributed by atoms with Crippen LogP contribution in [0.2, 0.25) is 0 Å². The molecule has 1 aromatic carbocycles. The molecule has 0 bridgehead atoms. The summed E-state index contributed by atoms with van der Waals surface area (Å²) in [6.45, 7) is 1.34. The molecule has 162 valence electrons. The number of amides is 1. The highest BCUT2D eigenvalue weighted by molar-refractivity contribution is 7.80. The van der Waals surface area contributed by atoms with Crippen molar-refractivity contribution in [2.24, 2.45) is 11.8 Å². The standard InChI is InChI=1S/C24H32N2O3S/c27-21(10-4-1-6-16-14-17-7-2-3-8-18(17)15-16)26-13-5-9-20(26)23(28)19-11-12-25-22(19)24(29)30/h2-3,7-8,16,19-20,22,25H,1,4-6,9-15H2,(H,29,30)/t19?,20-,22-/m0/s1. The number of fused-ring (bicyclic) bond motifs is 1. The maximum Gasteiger partial charge on any atom is 0.223 e. The second-order valence-corrected chi connectivity index (χ2v) is 9.52. The van der Waals surface area contributed by atoms with Crippen LogP contribution in [0.1, 0.15) is 56.1 Å². The number of aliphatic hydroxyl groups excluding tert-OH is 1. The van der Waals surface area contributed by atoms with Crippen molar-refractivity contribution < 1.29 is 14.7 Å². The molecule has 3 atom stereocenters. The van der Waals surface area contributed by atoms with Crippen LogP contribution in [0.3, 0.4) is 0 Å². The lowest BCUT2D eigenvalue weighted by Gasteiger charge is -2.27. The number of aliphatic hydroxyl groups is 1. The third-order valence-electron chi connectivity index (χ3n) is 7.14. The van der Waals surface area contributed by atoms with Gasteiger partial charge in [-0.05, 0) is 80.8 Å². The average molecular weight is 429 g/mol. The van der Waals surface area contributed by atoms with Crippen LogP contribution in [0.5, 0.6) is 0 Å². The Morgan fingerprint density at radius 1 is 1.13 bits per heavy atom. The maximum absolute atomic E-state index is 13.1. The van der Waals surface area contributed by atoms with Crippen molar-refractivity contribution in [2.75, 3.05) is 13.1 Å². The predicted molar refractivity (Wildman–Crippen MR) is 121 cm³/mol. The minimum atomic E-state index is -0.444. The topological polar surface area (TPSA) is 69.6 Å². The molecule has 0 radical (unpaired) electrons. The van der Waals surface area contributed by atoms with E-state index >= 15 is 0 Å². The van der Waals surface area contributed by atoms with Crippen LogP contribution in [0.15, 0.2) is 24.3 Å². The molecule has 2 saturated heterocycles. The van der Waals surface area contributed by atoms with Crippen LogP contribution in [-0.2, 0) is 22.4 Å². The molecule has 30 heavy (non-hydrogen) atoms. The Kier molecular flexibility index (Phi) is 6.84. The molecular formula is C24H32N2O3S. The van der Waals surface area contributed by atoms with Crippen molar-refractivity contribution in [3.63, 3.8) is 0 Å². The minimum absolute atomic E-state index is 0.0657. The van der Waals surface area contributed by atoms with Crippen LogP contribution in [0, 0.1) is 11.8 Å². The number of rotatable bonds is 8. The van der Waals surface area contributed by atoms with Gasteiger partial charge in [-0.3, -0.25) is 9.59 Å². The van der Waals surface area contributed by atoms with Gasteiger partial charge in [0.25, 0.3) is 0 Å². The lowest BCUT2D eigenvalue weighted by Crippen LogP contribution is -2.47. The molecule has 6 heteroatoms. The molecule has 1 aromatic rings. The van der Waals surface area contributed by atoms with Gasteiger partial charge in [0, 0.05) is 18.9 Å². The van der Waals surface area contributed by atoms with E-state index in [1.807, 2.05) is 0 Å². The SMILES string of the molecule is O=C(C1CCN[C@@H]1C(O)=S)[C@@H]1CCCN1C(=O)CCCCC1Cc2ccccc2C1. The number of carbonyl (C=O) groups is 2. The van der Waals surface area contributed by atoms with Crippen molar-refractivity contribution >= 4 is 29.0 Å². The number of nitrogens with one attached hydrogen (secondary N) is 1. The lowest BCUT2D eigenvalue weighted by molar-refractivity contribution is -0.139. The van der Waals surface area contributed by atoms with Gasteiger partial charge < -0.3 is 15.3 Å². The van der Waals surface area contributed by atoms with Crippen molar-refractivity contribution in [1.29, 1.82) is 0 Å². The third kappa shape index (κ3) is 4.59. The van der Waals surface area contributed by atoms with Crippen LogP contribution in [0.4, 0.5) is 0 Å². The van der Waals surface area contributed by atoms with Crippen molar-refractivity contribution in [3.8, 4) is 0 Å². The Morgan fingerprint density at radius 3 is 2.57 bits per heavy atom. The molecule has 2 N–H and O–H groups in total. The van der Waals surface area contributed by atoms with Gasteiger partial charge in [0.05, 0.1) is 12.1 Å². The monoisotopic (exact) mass is 428 g/mol. The predicted octanol–water partition coefficient (Wildman–Crippen LogP) is 3.39. The molecule has 1 unspecified atom stereocenters. The fourth-order valence-corrected chi connectivity index (χ4v) is 5.83. The molecule has 1 aliphatic carbocycles. The van der Waals surface area contributed by atoms with Gasteiger partial charge >= 0.3 is 0 Å². The van der Waals surface area contributed by atoms with Crippen molar-refractivity contribution in [1.82, 2.24) is 10.2 Å². The van der Waals surface area contributed by atoms with E-state index in [0.717, 1.165) is 44.9 Å². The van der Waals surface area contributed by atoms with Crippen molar-refractivity contribution in [2.45, 2.75) is 69.9 Å². The number of likely N-dealkylation sites (tertiary alicyclic amines) is 1. The number of carbonyl (C=O) groups excluding carboxylic acids is 2. The fourth-order valence-electron chi connectivity index (χ4n) is 5.58. The van der Waals surface area contributed by atoms with E-state index in [1.54, 1.807) is 4.90 Å². The molecule has 2 aliphatic heterocycles. The van der Waals surface area contributed by atoms with Gasteiger partial charge in [-0.1, -0.05) is 30.7 Å². The minimum Gasteiger partial charge on any atom is -0.501 e. The molecule has 0 aromatic heterocycles. The number of hydrogen-bond acceptors (Lipinski definition) is 4. The summed E-state index contributed by atoms with van der Waals surface area (Å²) >= 11 is 4.91. The van der Waals surface area contributed by atoms with E-state index in [-0.39, 0.29) is 28.7 Å². The third-order valence-corrected chi connectivity index (χ3v) is 7.40. The van der Waals surface area contributed by atoms with Crippen LogP contribution in [0.25, 0.3) is 0 Å². The molecule has 3 aliphatic rings. The zero-order chi connectivity index (χ0) is 21.1. The highest BCUT2D eigenvalue weighted by Crippen LogP contribution is 2.30. The molecule has 1 amide bonds. The van der Waals surface area contributed by atoms with E-state index in [4.69, 9.17) is 12.2 Å². The first kappa shape index (κ1) is 21.4. The van der Waals surface area contributed by atoms with Crippen LogP contribution >= 0.6 is 12.2 Å². The number of hydrogen-bond donors (Lipinski definition) is 2. The smallest absolute Gasteiger partial charge is 0.223 e. The van der Waals surface area contributed by atoms with Crippen LogP contribution < -0.4 is 5.32 Å². The number of unbranched alkanes of at least 4 members (excludes halogenated alkanes) is 1. The fraction of sp³-hybridized carbons (Fsp3) is 0.625. The highest BCUT2D eigenvalue weighted by atomic mass is 32.1. The van der Waals surface area contributed by atoms with E-state index in [9.17, 15) is 14.7 Å². The molecular weight excluding hydrogens is 396 g/mol. The van der Waals surface area contributed by atoms with Gasteiger partial charge in [-0.25, -0.2) is 0 Å². The molecule has 0 spiro atoms. The Hall–Kier alpha value is -1.79. The Labute approximate surface area is 184 Å². The Morgan fingerprint density at radius 2 is 1.87 bits per heavy atom. The summed E-state index contributed by atoms with van der Waals surface area (Å²) in [6, 6.07) is 7.91. The first-order valence-corrected chi connectivity index (χ1v) is 11.8. The van der Waals surface area contributed by atoms with E-state index in [1.165, 1.54) is 11.1 Å². The number of Topliss-reactive ketones (excluding diaryl/α,β-unsaturated/α-hetero) is 1. The van der Waals surface area contributed by atoms with Gasteiger partial charge in [-0.15, -0.1) is 0 Å². The van der Waals surface area contributed by atoms with Gasteiger partial charge in [-0.2, -0.15) is 0 Å². The summed E-state index contributed by atoms with van der Waals surface area (Å²) in [4.78, 5) is 27.7. The summed E-state index contributed by atoms with van der Waals surface area (Å²) in [5, 5.41) is 12.7. The summed E-state index contributed by atoms with van der Waals surface area (Å²) in [5.41, 5.74) is 2.97. The van der Waals surface area contributed by atoms with E-state index < -0.39 is 6.04 Å². The second kappa shape index (κ2) is 9.56. The summed E-state index contributed by atoms with van der Waals surface area (Å²) in [6.07, 6.45) is 8.23. The average Bonchev–Trinajstić information content (AvgIpc) is 3.48. The molecule has 0 saturated carbocycles. The number of thiocarbonyl (C=S) groups is 1. The van der Waals surface area contributed by atoms with Crippen molar-refractivity contribution in [3.05, 3.63) is 35.4 Å². The molecule has 2 fully saturated rings. The zero-order valence-electron chi connectivity index (χ0n) is 17.5.